The SMILES string of the molecule is CNc1cccc(NC(=O)c2ccc(C(C)=O)cc2N=[N+]=[N-])c1. The highest BCUT2D eigenvalue weighted by molar-refractivity contribution is 6.08. The summed E-state index contributed by atoms with van der Waals surface area (Å²) in [4.78, 5) is 26.5. The molecule has 2 aromatic rings. The van der Waals surface area contributed by atoms with E-state index < -0.39 is 5.91 Å². The van der Waals surface area contributed by atoms with E-state index in [0.29, 0.717) is 11.3 Å². The van der Waals surface area contributed by atoms with Gasteiger partial charge in [-0.15, -0.1) is 0 Å². The molecule has 23 heavy (non-hydrogen) atoms. The number of nitrogens with zero attached hydrogens (tertiary/aromatic N) is 3. The summed E-state index contributed by atoms with van der Waals surface area (Å²) in [5.74, 6) is -0.594. The Balaban J connectivity index is 2.34. The van der Waals surface area contributed by atoms with Crippen LogP contribution < -0.4 is 10.6 Å². The fourth-order valence-corrected chi connectivity index (χ4v) is 2.02. The predicted molar refractivity (Wildman–Crippen MR) is 89.2 cm³/mol. The fourth-order valence-electron chi connectivity index (χ4n) is 2.02. The van der Waals surface area contributed by atoms with Crippen molar-refractivity contribution >= 4 is 28.8 Å². The molecule has 0 aliphatic heterocycles. The van der Waals surface area contributed by atoms with Gasteiger partial charge in [0.1, 0.15) is 0 Å². The Morgan fingerprint density at radius 3 is 2.52 bits per heavy atom. The Kier molecular flexibility index (Phi) is 4.96. The van der Waals surface area contributed by atoms with Crippen molar-refractivity contribution in [2.24, 2.45) is 5.11 Å². The van der Waals surface area contributed by atoms with Gasteiger partial charge in [-0.2, -0.15) is 0 Å². The lowest BCUT2D eigenvalue weighted by atomic mass is 10.1. The molecular formula is C16H15N5O2. The topological polar surface area (TPSA) is 107 Å². The van der Waals surface area contributed by atoms with E-state index in [2.05, 4.69) is 20.7 Å². The minimum absolute atomic E-state index is 0.113. The van der Waals surface area contributed by atoms with Crippen molar-refractivity contribution in [3.8, 4) is 0 Å². The maximum Gasteiger partial charge on any atom is 0.256 e. The van der Waals surface area contributed by atoms with E-state index in [1.54, 1.807) is 25.2 Å². The Hall–Kier alpha value is -3.31. The molecule has 0 fully saturated rings. The summed E-state index contributed by atoms with van der Waals surface area (Å²) < 4.78 is 0. The first-order valence-corrected chi connectivity index (χ1v) is 6.84. The maximum atomic E-state index is 12.4. The van der Waals surface area contributed by atoms with E-state index in [9.17, 15) is 9.59 Å². The number of carbonyl (C=O) groups is 2. The zero-order valence-electron chi connectivity index (χ0n) is 12.7. The average Bonchev–Trinajstić information content (AvgIpc) is 2.55. The molecule has 7 nitrogen and oxygen atoms in total. The van der Waals surface area contributed by atoms with Gasteiger partial charge in [-0.05, 0) is 42.8 Å². The van der Waals surface area contributed by atoms with Crippen molar-refractivity contribution < 1.29 is 9.59 Å². The molecule has 0 heterocycles. The van der Waals surface area contributed by atoms with Crippen LogP contribution in [0.25, 0.3) is 10.4 Å². The van der Waals surface area contributed by atoms with Gasteiger partial charge in [-0.25, -0.2) is 0 Å². The van der Waals surface area contributed by atoms with Crippen LogP contribution in [0.5, 0.6) is 0 Å². The smallest absolute Gasteiger partial charge is 0.256 e. The van der Waals surface area contributed by atoms with E-state index in [-0.39, 0.29) is 17.0 Å². The van der Waals surface area contributed by atoms with Crippen molar-refractivity contribution in [3.05, 3.63) is 64.0 Å². The first kappa shape index (κ1) is 16.1. The molecule has 7 heteroatoms. The third-order valence-electron chi connectivity index (χ3n) is 3.21. The summed E-state index contributed by atoms with van der Waals surface area (Å²) in [6.45, 7) is 1.40. The van der Waals surface area contributed by atoms with Crippen LogP contribution in [0.2, 0.25) is 0 Å². The quantitative estimate of drug-likeness (QED) is 0.375. The van der Waals surface area contributed by atoms with E-state index in [1.807, 2.05) is 6.07 Å². The molecule has 0 unspecified atom stereocenters. The van der Waals surface area contributed by atoms with Crippen molar-refractivity contribution in [3.63, 3.8) is 0 Å². The summed E-state index contributed by atoms with van der Waals surface area (Å²) in [5, 5.41) is 9.21. The number of hydrogen-bond acceptors (Lipinski definition) is 4. The number of Topliss-reactive ketones (excluding diaryl/α,β-unsaturated/α-hetero) is 1. The predicted octanol–water partition coefficient (Wildman–Crippen LogP) is 4.13. The van der Waals surface area contributed by atoms with Gasteiger partial charge in [-0.1, -0.05) is 17.2 Å². The van der Waals surface area contributed by atoms with Crippen LogP contribution >= 0.6 is 0 Å². The molecule has 0 saturated heterocycles. The zero-order valence-corrected chi connectivity index (χ0v) is 12.7. The van der Waals surface area contributed by atoms with Crippen LogP contribution in [0.15, 0.2) is 47.6 Å². The number of amides is 1. The molecule has 116 valence electrons. The Morgan fingerprint density at radius 1 is 1.13 bits per heavy atom. The molecule has 0 aliphatic carbocycles. The normalized spacial score (nSPS) is 9.65. The van der Waals surface area contributed by atoms with Crippen LogP contribution in [0.4, 0.5) is 17.1 Å². The molecule has 0 bridgehead atoms. The van der Waals surface area contributed by atoms with Gasteiger partial charge in [0.2, 0.25) is 0 Å². The van der Waals surface area contributed by atoms with Gasteiger partial charge in [0, 0.05) is 34.5 Å². The van der Waals surface area contributed by atoms with E-state index in [4.69, 9.17) is 5.53 Å². The average molecular weight is 309 g/mol. The second-order valence-electron chi connectivity index (χ2n) is 4.76. The summed E-state index contributed by atoms with van der Waals surface area (Å²) in [6.07, 6.45) is 0. The maximum absolute atomic E-state index is 12.4. The monoisotopic (exact) mass is 309 g/mol. The molecule has 0 spiro atoms. The molecule has 0 saturated carbocycles. The highest BCUT2D eigenvalue weighted by atomic mass is 16.1. The minimum Gasteiger partial charge on any atom is -0.388 e. The first-order valence-electron chi connectivity index (χ1n) is 6.84. The second-order valence-corrected chi connectivity index (χ2v) is 4.76. The van der Waals surface area contributed by atoms with Gasteiger partial charge in [0.15, 0.2) is 5.78 Å². The number of ketones is 1. The molecule has 0 atom stereocenters. The Labute approximate surface area is 133 Å². The van der Waals surface area contributed by atoms with Crippen LogP contribution in [-0.4, -0.2) is 18.7 Å². The zero-order chi connectivity index (χ0) is 16.8. The summed E-state index contributed by atoms with van der Waals surface area (Å²) in [6, 6.07) is 11.6. The van der Waals surface area contributed by atoms with E-state index in [1.165, 1.54) is 25.1 Å². The van der Waals surface area contributed by atoms with Gasteiger partial charge < -0.3 is 10.6 Å². The number of benzene rings is 2. The van der Waals surface area contributed by atoms with E-state index >= 15 is 0 Å². The fraction of sp³-hybridized carbons (Fsp3) is 0.125. The third kappa shape index (κ3) is 3.87. The van der Waals surface area contributed by atoms with E-state index in [0.717, 1.165) is 5.69 Å². The molecule has 2 N–H and O–H groups in total. The lowest BCUT2D eigenvalue weighted by Gasteiger charge is -2.09. The molecule has 2 rings (SSSR count). The molecule has 0 radical (unpaired) electrons. The summed E-state index contributed by atoms with van der Waals surface area (Å²) in [5.41, 5.74) is 10.8. The number of hydrogen-bond donors (Lipinski definition) is 2. The van der Waals surface area contributed by atoms with Gasteiger partial charge in [0.25, 0.3) is 5.91 Å². The first-order chi connectivity index (χ1) is 11.0. The second kappa shape index (κ2) is 7.11. The lowest BCUT2D eigenvalue weighted by Crippen LogP contribution is -2.12. The van der Waals surface area contributed by atoms with Gasteiger partial charge in [0.05, 0.1) is 5.69 Å². The van der Waals surface area contributed by atoms with Crippen molar-refractivity contribution in [1.82, 2.24) is 0 Å². The molecule has 1 amide bonds. The van der Waals surface area contributed by atoms with Crippen molar-refractivity contribution in [2.45, 2.75) is 6.92 Å². The molecular weight excluding hydrogens is 294 g/mol. The standard InChI is InChI=1S/C16H15N5O2/c1-10(22)11-6-7-14(15(8-11)20-21-17)16(23)19-13-5-3-4-12(9-13)18-2/h3-9,18H,1-2H3,(H,19,23). The van der Waals surface area contributed by atoms with Crippen LogP contribution in [0.1, 0.15) is 27.6 Å². The number of anilines is 2. The summed E-state index contributed by atoms with van der Waals surface area (Å²) in [7, 11) is 1.78. The van der Waals surface area contributed by atoms with Crippen molar-refractivity contribution in [2.75, 3.05) is 17.7 Å². The Bertz CT molecular complexity index is 810. The lowest BCUT2D eigenvalue weighted by molar-refractivity contribution is 0.101. The van der Waals surface area contributed by atoms with Gasteiger partial charge in [-0.3, -0.25) is 9.59 Å². The molecule has 0 aliphatic rings. The van der Waals surface area contributed by atoms with Crippen molar-refractivity contribution in [1.29, 1.82) is 0 Å². The largest absolute Gasteiger partial charge is 0.388 e. The number of azide groups is 1. The van der Waals surface area contributed by atoms with Gasteiger partial charge >= 0.3 is 0 Å². The highest BCUT2D eigenvalue weighted by Crippen LogP contribution is 2.24. The van der Waals surface area contributed by atoms with Crippen LogP contribution in [0.3, 0.4) is 0 Å². The highest BCUT2D eigenvalue weighted by Gasteiger charge is 2.13. The molecule has 2 aromatic carbocycles. The number of carbonyl (C=O) groups excluding carboxylic acids is 2. The number of nitrogens with one attached hydrogen (secondary N) is 2. The number of rotatable bonds is 5. The summed E-state index contributed by atoms with van der Waals surface area (Å²) >= 11 is 0. The molecule has 0 aromatic heterocycles. The third-order valence-corrected chi connectivity index (χ3v) is 3.21. The van der Waals surface area contributed by atoms with Crippen LogP contribution in [0, 0.1) is 0 Å². The van der Waals surface area contributed by atoms with Crippen LogP contribution in [-0.2, 0) is 0 Å². The Morgan fingerprint density at radius 2 is 1.87 bits per heavy atom. The minimum atomic E-state index is -0.421.